The van der Waals surface area contributed by atoms with Gasteiger partial charge >= 0.3 is 17.9 Å². The van der Waals surface area contributed by atoms with E-state index in [0.29, 0.717) is 6.42 Å². The summed E-state index contributed by atoms with van der Waals surface area (Å²) >= 11 is 0. The molecule has 0 aromatic carbocycles. The second kappa shape index (κ2) is 24.7. The molecule has 1 aliphatic heterocycles. The number of carboxylic acid groups (broad SMARTS) is 2. The van der Waals surface area contributed by atoms with Crippen LogP contribution in [-0.2, 0) is 57.5 Å². The molecule has 324 valence electrons. The SMILES string of the molecule is C=CCOC(=O)CNC(=O)C(=O)C(CCC)N1CCC(NC(=O)C(NC(=O)C(NC(=O)C(CCC(=O)O)NC(=O)C(CCC(=O)O)NC(C)=O)C(C)C)C(C)C)C1=O. The van der Waals surface area contributed by atoms with Gasteiger partial charge in [-0.25, -0.2) is 0 Å². The van der Waals surface area contributed by atoms with Gasteiger partial charge in [-0.2, -0.15) is 0 Å². The van der Waals surface area contributed by atoms with E-state index in [-0.39, 0.29) is 32.4 Å². The third-order valence-electron chi connectivity index (χ3n) is 8.89. The van der Waals surface area contributed by atoms with Gasteiger partial charge < -0.3 is 51.8 Å². The number of carbonyl (C=O) groups is 11. The Morgan fingerprint density at radius 2 is 1.31 bits per heavy atom. The van der Waals surface area contributed by atoms with Gasteiger partial charge in [0.05, 0.1) is 0 Å². The molecule has 1 fully saturated rings. The summed E-state index contributed by atoms with van der Waals surface area (Å²) in [5.41, 5.74) is 0. The number of nitrogens with zero attached hydrogens (tertiary/aromatic N) is 1. The van der Waals surface area contributed by atoms with Crippen LogP contribution in [0.25, 0.3) is 0 Å². The molecule has 1 heterocycles. The highest BCUT2D eigenvalue weighted by Crippen LogP contribution is 2.20. The number of carbonyl (C=O) groups excluding carboxylic acids is 9. The van der Waals surface area contributed by atoms with Crippen molar-refractivity contribution in [2.75, 3.05) is 19.7 Å². The van der Waals surface area contributed by atoms with Crippen molar-refractivity contribution in [3.8, 4) is 0 Å². The standard InChI is InChI=1S/C37H57N7O14/c1-8-10-25(31(51)36(56)38-18-28(50)58-17-9-2)44-16-15-24(37(44)57)41-34(54)29(19(3)4)43-35(55)30(20(5)6)42-33(53)23(12-14-27(48)49)40-32(52)22(39-21(7)45)11-13-26(46)47/h9,19-20,22-25,29-30H,2,8,10-18H2,1,3-7H3,(H,38,56)(H,39,45)(H,40,52)(H,41,54)(H,42,53)(H,43,55)(H,46,47)(H,48,49). The zero-order valence-corrected chi connectivity index (χ0v) is 33.7. The molecular weight excluding hydrogens is 766 g/mol. The van der Waals surface area contributed by atoms with Crippen molar-refractivity contribution in [1.29, 1.82) is 0 Å². The number of nitrogens with one attached hydrogen (secondary N) is 6. The smallest absolute Gasteiger partial charge is 0.325 e. The summed E-state index contributed by atoms with van der Waals surface area (Å²) in [6.45, 7) is 12.0. The number of ether oxygens (including phenoxy) is 1. The molecule has 0 aromatic heterocycles. The quantitative estimate of drug-likeness (QED) is 0.0274. The van der Waals surface area contributed by atoms with Crippen molar-refractivity contribution in [2.45, 2.75) is 123 Å². The summed E-state index contributed by atoms with van der Waals surface area (Å²) in [5.74, 6) is -11.4. The van der Waals surface area contributed by atoms with E-state index in [2.05, 4.69) is 38.5 Å². The number of likely N-dealkylation sites (tertiary alicyclic amines) is 1. The molecule has 0 bridgehead atoms. The van der Waals surface area contributed by atoms with Crippen LogP contribution in [0.3, 0.4) is 0 Å². The maximum atomic E-state index is 13.7. The van der Waals surface area contributed by atoms with Gasteiger partial charge in [0.1, 0.15) is 49.4 Å². The largest absolute Gasteiger partial charge is 0.481 e. The van der Waals surface area contributed by atoms with Gasteiger partial charge in [0, 0.05) is 26.3 Å². The van der Waals surface area contributed by atoms with E-state index in [0.717, 1.165) is 6.92 Å². The number of aliphatic carboxylic acids is 2. The first-order chi connectivity index (χ1) is 27.1. The van der Waals surface area contributed by atoms with Gasteiger partial charge in [-0.1, -0.05) is 53.7 Å². The number of esters is 1. The van der Waals surface area contributed by atoms with Crippen LogP contribution >= 0.6 is 0 Å². The van der Waals surface area contributed by atoms with Crippen LogP contribution in [-0.4, -0.2) is 136 Å². The number of ketones is 1. The zero-order valence-electron chi connectivity index (χ0n) is 33.7. The first-order valence-corrected chi connectivity index (χ1v) is 19.0. The van der Waals surface area contributed by atoms with Gasteiger partial charge in [0.2, 0.25) is 41.2 Å². The third kappa shape index (κ3) is 16.7. The van der Waals surface area contributed by atoms with Crippen LogP contribution in [0.5, 0.6) is 0 Å². The topological polar surface area (TPSA) is 313 Å². The van der Waals surface area contributed by atoms with E-state index < -0.39 is 139 Å². The normalized spacial score (nSPS) is 16.2. The number of rotatable bonds is 26. The van der Waals surface area contributed by atoms with Crippen molar-refractivity contribution in [3.05, 3.63) is 12.7 Å². The second-order valence-corrected chi connectivity index (χ2v) is 14.3. The Hall–Kier alpha value is -5.89. The monoisotopic (exact) mass is 823 g/mol. The van der Waals surface area contributed by atoms with E-state index in [1.54, 1.807) is 34.6 Å². The average molecular weight is 824 g/mol. The number of hydrogen-bond acceptors (Lipinski definition) is 12. The van der Waals surface area contributed by atoms with Crippen LogP contribution in [0.2, 0.25) is 0 Å². The first kappa shape index (κ1) is 50.1. The van der Waals surface area contributed by atoms with Gasteiger partial charge in [-0.3, -0.25) is 52.7 Å². The van der Waals surface area contributed by atoms with Gasteiger partial charge in [-0.15, -0.1) is 0 Å². The molecule has 0 aromatic rings. The summed E-state index contributed by atoms with van der Waals surface area (Å²) in [6, 6.07) is -7.78. The van der Waals surface area contributed by atoms with Crippen LogP contribution in [0.15, 0.2) is 12.7 Å². The maximum absolute atomic E-state index is 13.7. The van der Waals surface area contributed by atoms with Crippen LogP contribution in [0.4, 0.5) is 0 Å². The molecule has 21 nitrogen and oxygen atoms in total. The Kier molecular flexibility index (Phi) is 21.3. The molecule has 1 saturated heterocycles. The molecule has 6 unspecified atom stereocenters. The predicted molar refractivity (Wildman–Crippen MR) is 203 cm³/mol. The Morgan fingerprint density at radius 1 is 0.793 bits per heavy atom. The van der Waals surface area contributed by atoms with Crippen molar-refractivity contribution >= 4 is 65.0 Å². The highest BCUT2D eigenvalue weighted by molar-refractivity contribution is 6.38. The lowest BCUT2D eigenvalue weighted by Gasteiger charge is -2.29. The van der Waals surface area contributed by atoms with E-state index in [9.17, 15) is 57.8 Å². The van der Waals surface area contributed by atoms with E-state index in [4.69, 9.17) is 9.84 Å². The van der Waals surface area contributed by atoms with E-state index >= 15 is 0 Å². The van der Waals surface area contributed by atoms with Crippen LogP contribution in [0, 0.1) is 11.8 Å². The summed E-state index contributed by atoms with van der Waals surface area (Å²) in [5, 5.41) is 32.8. The molecule has 7 amide bonds. The fourth-order valence-corrected chi connectivity index (χ4v) is 5.86. The van der Waals surface area contributed by atoms with Gasteiger partial charge in [0.15, 0.2) is 0 Å². The molecule has 8 N–H and O–H groups in total. The molecule has 0 aliphatic carbocycles. The fourth-order valence-electron chi connectivity index (χ4n) is 5.86. The molecule has 6 atom stereocenters. The number of Topliss-reactive ketones (excluding diaryl/α,β-unsaturated/α-hetero) is 1. The summed E-state index contributed by atoms with van der Waals surface area (Å²) in [4.78, 5) is 140. The zero-order chi connectivity index (χ0) is 44.3. The fraction of sp³-hybridized carbons (Fsp3) is 0.649. The first-order valence-electron chi connectivity index (χ1n) is 19.0. The molecule has 0 saturated carbocycles. The molecule has 58 heavy (non-hydrogen) atoms. The summed E-state index contributed by atoms with van der Waals surface area (Å²) in [7, 11) is 0. The lowest BCUT2D eigenvalue weighted by molar-refractivity contribution is -0.147. The minimum atomic E-state index is -1.53. The Labute approximate surface area is 336 Å². The highest BCUT2D eigenvalue weighted by atomic mass is 16.5. The second-order valence-electron chi connectivity index (χ2n) is 14.3. The highest BCUT2D eigenvalue weighted by Gasteiger charge is 2.42. The van der Waals surface area contributed by atoms with Gasteiger partial charge in [-0.05, 0) is 37.5 Å². The summed E-state index contributed by atoms with van der Waals surface area (Å²) in [6.07, 6.45) is 0.0677. The third-order valence-corrected chi connectivity index (χ3v) is 8.89. The lowest BCUT2D eigenvalue weighted by atomic mass is 9.98. The number of hydrogen-bond donors (Lipinski definition) is 8. The van der Waals surface area contributed by atoms with Crippen molar-refractivity contribution < 1.29 is 67.7 Å². The molecule has 0 radical (unpaired) electrons. The predicted octanol–water partition coefficient (Wildman–Crippen LogP) is -1.71. The van der Waals surface area contributed by atoms with Gasteiger partial charge in [0.25, 0.3) is 5.91 Å². The maximum Gasteiger partial charge on any atom is 0.325 e. The number of carboxylic acids is 2. The minimum absolute atomic E-state index is 0.0136. The van der Waals surface area contributed by atoms with Crippen molar-refractivity contribution in [1.82, 2.24) is 36.8 Å². The van der Waals surface area contributed by atoms with E-state index in [1.165, 1.54) is 11.0 Å². The van der Waals surface area contributed by atoms with Crippen LogP contribution < -0.4 is 31.9 Å². The van der Waals surface area contributed by atoms with Crippen molar-refractivity contribution in [2.24, 2.45) is 11.8 Å². The molecular formula is C37H57N7O14. The Bertz CT molecular complexity index is 1570. The average Bonchev–Trinajstić information content (AvgIpc) is 3.50. The Morgan fingerprint density at radius 3 is 1.81 bits per heavy atom. The molecule has 21 heteroatoms. The Balaban J connectivity index is 3.12. The van der Waals surface area contributed by atoms with E-state index in [1.807, 2.05) is 0 Å². The lowest BCUT2D eigenvalue weighted by Crippen LogP contribution is -2.60. The molecule has 1 aliphatic rings. The van der Waals surface area contributed by atoms with Crippen LogP contribution in [0.1, 0.15) is 86.5 Å². The molecule has 1 rings (SSSR count). The number of amides is 7. The van der Waals surface area contributed by atoms with Crippen molar-refractivity contribution in [3.63, 3.8) is 0 Å². The minimum Gasteiger partial charge on any atom is -0.481 e. The molecule has 0 spiro atoms. The summed E-state index contributed by atoms with van der Waals surface area (Å²) < 4.78 is 4.78.